The second-order valence-corrected chi connectivity index (χ2v) is 9.33. The van der Waals surface area contributed by atoms with Gasteiger partial charge in [-0.1, -0.05) is 19.3 Å². The number of aliphatic imine (C=N–C) groups is 1. The molecule has 4 rings (SSSR count). The molecule has 1 aliphatic carbocycles. The Labute approximate surface area is 166 Å². The molecule has 1 saturated heterocycles. The fourth-order valence-electron chi connectivity index (χ4n) is 4.20. The lowest BCUT2D eigenvalue weighted by Crippen LogP contribution is -2.43. The first-order valence-electron chi connectivity index (χ1n) is 10.5. The van der Waals surface area contributed by atoms with Crippen molar-refractivity contribution in [3.8, 4) is 0 Å². The smallest absolute Gasteiger partial charge is 0.410 e. The highest BCUT2D eigenvalue weighted by molar-refractivity contribution is 6.15. The van der Waals surface area contributed by atoms with Crippen molar-refractivity contribution in [2.24, 2.45) is 10.9 Å². The van der Waals surface area contributed by atoms with Gasteiger partial charge < -0.3 is 9.64 Å². The molecule has 1 amide bonds. The highest BCUT2D eigenvalue weighted by Gasteiger charge is 2.33. The number of amides is 1. The summed E-state index contributed by atoms with van der Waals surface area (Å²) in [6.07, 6.45) is 8.27. The van der Waals surface area contributed by atoms with Crippen LogP contribution in [-0.4, -0.2) is 51.0 Å². The van der Waals surface area contributed by atoms with Gasteiger partial charge in [0.15, 0.2) is 11.6 Å². The van der Waals surface area contributed by atoms with Crippen LogP contribution in [0.25, 0.3) is 0 Å². The first kappa shape index (κ1) is 19.2. The second-order valence-electron chi connectivity index (χ2n) is 9.33. The highest BCUT2D eigenvalue weighted by Crippen LogP contribution is 2.36. The Bertz CT molecular complexity index is 801. The van der Waals surface area contributed by atoms with Gasteiger partial charge in [0.2, 0.25) is 0 Å². The van der Waals surface area contributed by atoms with Gasteiger partial charge in [-0.3, -0.25) is 4.79 Å². The van der Waals surface area contributed by atoms with Crippen molar-refractivity contribution in [3.63, 3.8) is 0 Å². The maximum absolute atomic E-state index is 12.6. The molecule has 1 saturated carbocycles. The van der Waals surface area contributed by atoms with E-state index in [-0.39, 0.29) is 17.9 Å². The summed E-state index contributed by atoms with van der Waals surface area (Å²) in [5.41, 5.74) is 1.10. The Morgan fingerprint density at radius 1 is 1.25 bits per heavy atom. The molecule has 1 unspecified atom stereocenters. The molecule has 1 aromatic rings. The third-order valence-electron chi connectivity index (χ3n) is 5.84. The molecular formula is C21H30N4O3. The largest absolute Gasteiger partial charge is 0.444 e. The fraction of sp³-hybridized carbons (Fsp3) is 0.714. The molecule has 28 heavy (non-hydrogen) atoms. The fourth-order valence-corrected chi connectivity index (χ4v) is 4.20. The number of fused-ring (bicyclic) bond motifs is 1. The topological polar surface area (TPSA) is 76.8 Å². The summed E-state index contributed by atoms with van der Waals surface area (Å²) in [7, 11) is 0. The molecule has 0 radical (unpaired) electrons. The van der Waals surface area contributed by atoms with E-state index in [1.54, 1.807) is 11.1 Å². The lowest BCUT2D eigenvalue weighted by Gasteiger charge is -2.34. The van der Waals surface area contributed by atoms with Crippen molar-refractivity contribution in [2.45, 2.75) is 77.4 Å². The lowest BCUT2D eigenvalue weighted by molar-refractivity contribution is 0.0168. The van der Waals surface area contributed by atoms with E-state index < -0.39 is 5.60 Å². The molecule has 1 atom stereocenters. The minimum atomic E-state index is -0.512. The zero-order chi connectivity index (χ0) is 19.9. The van der Waals surface area contributed by atoms with E-state index in [1.807, 2.05) is 25.5 Å². The van der Waals surface area contributed by atoms with Gasteiger partial charge in [0.1, 0.15) is 5.60 Å². The van der Waals surface area contributed by atoms with Crippen LogP contribution < -0.4 is 0 Å². The lowest BCUT2D eigenvalue weighted by atomic mass is 9.80. The quantitative estimate of drug-likeness (QED) is 0.776. The van der Waals surface area contributed by atoms with Crippen molar-refractivity contribution in [3.05, 3.63) is 11.8 Å². The highest BCUT2D eigenvalue weighted by atomic mass is 16.6. The van der Waals surface area contributed by atoms with Gasteiger partial charge in [-0.2, -0.15) is 5.10 Å². The number of Topliss-reactive ketones (excluding diaryl/α,β-unsaturated/α-hetero) is 1. The van der Waals surface area contributed by atoms with Crippen LogP contribution in [0.4, 0.5) is 10.6 Å². The van der Waals surface area contributed by atoms with Gasteiger partial charge in [0.25, 0.3) is 0 Å². The van der Waals surface area contributed by atoms with Crippen LogP contribution in [0.15, 0.2) is 11.2 Å². The van der Waals surface area contributed by atoms with Crippen LogP contribution >= 0.6 is 0 Å². The van der Waals surface area contributed by atoms with Gasteiger partial charge >= 0.3 is 6.09 Å². The Morgan fingerprint density at radius 3 is 2.71 bits per heavy atom. The van der Waals surface area contributed by atoms with Crippen molar-refractivity contribution in [1.29, 1.82) is 0 Å². The van der Waals surface area contributed by atoms with Crippen molar-refractivity contribution >= 4 is 23.4 Å². The second kappa shape index (κ2) is 7.33. The number of hydrogen-bond donors (Lipinski definition) is 0. The van der Waals surface area contributed by atoms with Gasteiger partial charge in [0, 0.05) is 25.2 Å². The summed E-state index contributed by atoms with van der Waals surface area (Å²) >= 11 is 0. The summed E-state index contributed by atoms with van der Waals surface area (Å²) in [5.74, 6) is 1.48. The molecule has 2 aliphatic heterocycles. The number of carbonyl (C=O) groups is 2. The van der Waals surface area contributed by atoms with E-state index in [1.165, 1.54) is 19.3 Å². The first-order valence-corrected chi connectivity index (χ1v) is 10.5. The summed E-state index contributed by atoms with van der Waals surface area (Å²) in [6, 6.07) is 0.0182. The molecule has 1 aromatic heterocycles. The number of ketones is 1. The summed E-state index contributed by atoms with van der Waals surface area (Å²) in [4.78, 5) is 31.7. The standard InChI is InChI=1S/C21H30N4O3/c1-21(2,3)28-20(27)24-9-5-8-16(13-24)25-19-17(12-22-25)18(26)11-15(23-19)10-14-6-4-7-14/h12,14,16H,4-11,13H2,1-3H3. The number of aromatic nitrogens is 2. The Hall–Kier alpha value is -2.18. The average Bonchev–Trinajstić information content (AvgIpc) is 3.01. The maximum Gasteiger partial charge on any atom is 0.410 e. The molecule has 2 fully saturated rings. The predicted octanol–water partition coefficient (Wildman–Crippen LogP) is 4.30. The third kappa shape index (κ3) is 3.98. The molecule has 0 bridgehead atoms. The Kier molecular flexibility index (Phi) is 5.02. The minimum absolute atomic E-state index is 0.0182. The van der Waals surface area contributed by atoms with Crippen LogP contribution in [0, 0.1) is 5.92 Å². The number of hydrogen-bond acceptors (Lipinski definition) is 5. The van der Waals surface area contributed by atoms with E-state index in [9.17, 15) is 9.59 Å². The molecular weight excluding hydrogens is 356 g/mol. The van der Waals surface area contributed by atoms with Crippen molar-refractivity contribution < 1.29 is 14.3 Å². The molecule has 0 aromatic carbocycles. The molecule has 7 nitrogen and oxygen atoms in total. The molecule has 152 valence electrons. The molecule has 7 heteroatoms. The Balaban J connectivity index is 1.52. The number of ether oxygens (including phenoxy) is 1. The predicted molar refractivity (Wildman–Crippen MR) is 106 cm³/mol. The number of rotatable bonds is 3. The van der Waals surface area contributed by atoms with Crippen LogP contribution in [0.2, 0.25) is 0 Å². The average molecular weight is 386 g/mol. The summed E-state index contributed by atoms with van der Waals surface area (Å²) in [6.45, 7) is 6.84. The van der Waals surface area contributed by atoms with Gasteiger partial charge in [-0.05, 0) is 46.0 Å². The van der Waals surface area contributed by atoms with E-state index in [2.05, 4.69) is 5.10 Å². The molecule has 0 N–H and O–H groups in total. The van der Waals surface area contributed by atoms with E-state index in [0.29, 0.717) is 36.8 Å². The summed E-state index contributed by atoms with van der Waals surface area (Å²) in [5, 5.41) is 4.50. The zero-order valence-corrected chi connectivity index (χ0v) is 17.1. The molecule has 3 heterocycles. The molecule has 3 aliphatic rings. The van der Waals surface area contributed by atoms with Gasteiger partial charge in [-0.15, -0.1) is 0 Å². The molecule has 0 spiro atoms. The summed E-state index contributed by atoms with van der Waals surface area (Å²) < 4.78 is 7.39. The van der Waals surface area contributed by atoms with Crippen molar-refractivity contribution in [1.82, 2.24) is 14.7 Å². The van der Waals surface area contributed by atoms with E-state index in [0.717, 1.165) is 25.0 Å². The van der Waals surface area contributed by atoms with E-state index >= 15 is 0 Å². The minimum Gasteiger partial charge on any atom is -0.444 e. The van der Waals surface area contributed by atoms with Crippen LogP contribution in [-0.2, 0) is 4.74 Å². The zero-order valence-electron chi connectivity index (χ0n) is 17.1. The van der Waals surface area contributed by atoms with Crippen LogP contribution in [0.1, 0.15) is 82.1 Å². The Morgan fingerprint density at radius 2 is 2.04 bits per heavy atom. The number of nitrogens with zero attached hydrogens (tertiary/aromatic N) is 4. The van der Waals surface area contributed by atoms with Crippen LogP contribution in [0.3, 0.4) is 0 Å². The maximum atomic E-state index is 12.6. The number of likely N-dealkylation sites (tertiary alicyclic amines) is 1. The number of carbonyl (C=O) groups excluding carboxylic acids is 2. The van der Waals surface area contributed by atoms with Gasteiger partial charge in [-0.25, -0.2) is 14.5 Å². The van der Waals surface area contributed by atoms with E-state index in [4.69, 9.17) is 9.73 Å². The monoisotopic (exact) mass is 386 g/mol. The van der Waals surface area contributed by atoms with Gasteiger partial charge in [0.05, 0.1) is 17.8 Å². The van der Waals surface area contributed by atoms with Crippen molar-refractivity contribution in [2.75, 3.05) is 13.1 Å². The number of piperidine rings is 1. The first-order chi connectivity index (χ1) is 13.3. The SMILES string of the molecule is CC(C)(C)OC(=O)N1CCCC(n2ncc3c2N=C(CC2CCC2)CC3=O)C1. The van der Waals surface area contributed by atoms with Crippen LogP contribution in [0.5, 0.6) is 0 Å². The third-order valence-corrected chi connectivity index (χ3v) is 5.84. The normalized spacial score (nSPS) is 23.1.